The highest BCUT2D eigenvalue weighted by Crippen LogP contribution is 1.97. The first-order valence-corrected chi connectivity index (χ1v) is 3.89. The van der Waals surface area contributed by atoms with E-state index in [0.29, 0.717) is 12.4 Å². The Labute approximate surface area is 75.3 Å². The number of nitrogens with zero attached hydrogens (tertiary/aromatic N) is 2. The molecule has 6 nitrogen and oxygen atoms in total. The van der Waals surface area contributed by atoms with Gasteiger partial charge in [-0.15, -0.1) is 0 Å². The van der Waals surface area contributed by atoms with Gasteiger partial charge >= 0.3 is 5.97 Å². The summed E-state index contributed by atoms with van der Waals surface area (Å²) in [5, 5.41) is 6.43. The summed E-state index contributed by atoms with van der Waals surface area (Å²) in [5.74, 6) is -0.260. The third-order valence-corrected chi connectivity index (χ3v) is 1.36. The van der Waals surface area contributed by atoms with Crippen LogP contribution in [0, 0.1) is 0 Å². The average molecular weight is 185 g/mol. The van der Waals surface area contributed by atoms with Crippen molar-refractivity contribution in [1.29, 1.82) is 0 Å². The normalized spacial score (nSPS) is 10.0. The van der Waals surface area contributed by atoms with Crippen LogP contribution in [0.5, 0.6) is 0 Å². The van der Waals surface area contributed by atoms with Crippen molar-refractivity contribution in [3.63, 3.8) is 0 Å². The monoisotopic (exact) mass is 185 g/mol. The van der Waals surface area contributed by atoms with Crippen LogP contribution in [0.1, 0.15) is 23.4 Å². The van der Waals surface area contributed by atoms with Gasteiger partial charge in [0.1, 0.15) is 0 Å². The highest BCUT2D eigenvalue weighted by atomic mass is 16.5. The van der Waals surface area contributed by atoms with Gasteiger partial charge in [0.25, 0.3) is 5.82 Å². The van der Waals surface area contributed by atoms with Gasteiger partial charge < -0.3 is 14.6 Å². The smallest absolute Gasteiger partial charge is 0.379 e. The Bertz CT molecular complexity index is 284. The standard InChI is InChI=1S/C7H11N3O3/c1-3-8-4-5-9-6(10-13-5)7(11)12-2/h8H,3-4H2,1-2H3. The fraction of sp³-hybridized carbons (Fsp3) is 0.571. The van der Waals surface area contributed by atoms with Crippen molar-refractivity contribution in [2.75, 3.05) is 13.7 Å². The van der Waals surface area contributed by atoms with Crippen LogP contribution in [0.3, 0.4) is 0 Å². The first kappa shape index (κ1) is 9.66. The number of aromatic nitrogens is 2. The molecule has 1 aromatic heterocycles. The minimum Gasteiger partial charge on any atom is -0.463 e. The van der Waals surface area contributed by atoms with Gasteiger partial charge in [0, 0.05) is 0 Å². The van der Waals surface area contributed by atoms with E-state index in [-0.39, 0.29) is 5.82 Å². The van der Waals surface area contributed by atoms with E-state index in [1.54, 1.807) is 0 Å². The van der Waals surface area contributed by atoms with Gasteiger partial charge in [-0.05, 0) is 11.7 Å². The summed E-state index contributed by atoms with van der Waals surface area (Å²) in [7, 11) is 1.27. The van der Waals surface area contributed by atoms with Gasteiger partial charge in [-0.2, -0.15) is 4.98 Å². The number of ether oxygens (including phenoxy) is 1. The molecule has 0 radical (unpaired) electrons. The van der Waals surface area contributed by atoms with E-state index in [9.17, 15) is 4.79 Å². The Hall–Kier alpha value is -1.43. The molecule has 0 amide bonds. The van der Waals surface area contributed by atoms with Crippen LogP contribution in [0.2, 0.25) is 0 Å². The number of carbonyl (C=O) groups excluding carboxylic acids is 1. The number of carbonyl (C=O) groups is 1. The van der Waals surface area contributed by atoms with Crippen LogP contribution in [-0.2, 0) is 11.3 Å². The van der Waals surface area contributed by atoms with Crippen molar-refractivity contribution in [2.45, 2.75) is 13.5 Å². The fourth-order valence-electron chi connectivity index (χ4n) is 0.733. The largest absolute Gasteiger partial charge is 0.463 e. The number of hydrogen-bond acceptors (Lipinski definition) is 6. The van der Waals surface area contributed by atoms with Gasteiger partial charge in [-0.1, -0.05) is 6.92 Å². The number of rotatable bonds is 4. The van der Waals surface area contributed by atoms with Crippen molar-refractivity contribution in [2.24, 2.45) is 0 Å². The average Bonchev–Trinajstić information content (AvgIpc) is 2.62. The highest BCUT2D eigenvalue weighted by Gasteiger charge is 2.13. The molecule has 72 valence electrons. The summed E-state index contributed by atoms with van der Waals surface area (Å²) < 4.78 is 9.17. The predicted molar refractivity (Wildman–Crippen MR) is 43.0 cm³/mol. The summed E-state index contributed by atoms with van der Waals surface area (Å²) in [6.45, 7) is 3.22. The lowest BCUT2D eigenvalue weighted by Gasteiger charge is -1.92. The molecule has 0 aromatic carbocycles. The lowest BCUT2D eigenvalue weighted by molar-refractivity contribution is 0.0583. The lowest BCUT2D eigenvalue weighted by Crippen LogP contribution is -2.12. The number of hydrogen-bond donors (Lipinski definition) is 1. The molecule has 1 rings (SSSR count). The minimum atomic E-state index is -0.591. The molecule has 1 N–H and O–H groups in total. The second-order valence-corrected chi connectivity index (χ2v) is 2.28. The van der Waals surface area contributed by atoms with Gasteiger partial charge in [-0.3, -0.25) is 0 Å². The molecule has 0 fully saturated rings. The Morgan fingerprint density at radius 1 is 1.69 bits per heavy atom. The zero-order valence-corrected chi connectivity index (χ0v) is 7.53. The number of methoxy groups -OCH3 is 1. The molecular formula is C7H11N3O3. The minimum absolute atomic E-state index is 0.0459. The molecule has 0 unspecified atom stereocenters. The first-order valence-electron chi connectivity index (χ1n) is 3.89. The summed E-state index contributed by atoms with van der Waals surface area (Å²) in [6, 6.07) is 0. The second kappa shape index (κ2) is 4.56. The third-order valence-electron chi connectivity index (χ3n) is 1.36. The molecule has 0 aliphatic carbocycles. The van der Waals surface area contributed by atoms with Crippen LogP contribution in [-0.4, -0.2) is 29.8 Å². The maximum atomic E-state index is 10.9. The van der Waals surface area contributed by atoms with Crippen molar-refractivity contribution < 1.29 is 14.1 Å². The fourth-order valence-corrected chi connectivity index (χ4v) is 0.733. The van der Waals surface area contributed by atoms with E-state index < -0.39 is 5.97 Å². The zero-order chi connectivity index (χ0) is 9.68. The first-order chi connectivity index (χ1) is 6.27. The molecule has 0 saturated carbocycles. The van der Waals surface area contributed by atoms with E-state index in [4.69, 9.17) is 4.52 Å². The Balaban J connectivity index is 2.58. The molecule has 0 aliphatic heterocycles. The van der Waals surface area contributed by atoms with Crippen LogP contribution >= 0.6 is 0 Å². The van der Waals surface area contributed by atoms with E-state index >= 15 is 0 Å². The van der Waals surface area contributed by atoms with Crippen molar-refractivity contribution in [3.8, 4) is 0 Å². The summed E-state index contributed by atoms with van der Waals surface area (Å²) in [6.07, 6.45) is 0. The molecular weight excluding hydrogens is 174 g/mol. The molecule has 0 bridgehead atoms. The summed E-state index contributed by atoms with van der Waals surface area (Å²) in [5.41, 5.74) is 0. The van der Waals surface area contributed by atoms with Crippen LogP contribution in [0.4, 0.5) is 0 Å². The Kier molecular flexibility index (Phi) is 3.39. The van der Waals surface area contributed by atoms with Crippen LogP contribution in [0.15, 0.2) is 4.52 Å². The maximum Gasteiger partial charge on any atom is 0.379 e. The molecule has 13 heavy (non-hydrogen) atoms. The predicted octanol–water partition coefficient (Wildman–Crippen LogP) is -0.0343. The van der Waals surface area contributed by atoms with E-state index in [1.165, 1.54) is 7.11 Å². The topological polar surface area (TPSA) is 77.2 Å². The maximum absolute atomic E-state index is 10.9. The molecule has 0 aliphatic rings. The quantitative estimate of drug-likeness (QED) is 0.663. The third kappa shape index (κ3) is 2.51. The Morgan fingerprint density at radius 3 is 3.08 bits per heavy atom. The van der Waals surface area contributed by atoms with Gasteiger partial charge in [0.05, 0.1) is 13.7 Å². The molecule has 1 heterocycles. The molecule has 6 heteroatoms. The lowest BCUT2D eigenvalue weighted by atomic mass is 10.6. The van der Waals surface area contributed by atoms with Crippen LogP contribution in [0.25, 0.3) is 0 Å². The van der Waals surface area contributed by atoms with Crippen molar-refractivity contribution in [1.82, 2.24) is 15.5 Å². The van der Waals surface area contributed by atoms with E-state index in [2.05, 4.69) is 20.2 Å². The Morgan fingerprint density at radius 2 is 2.46 bits per heavy atom. The van der Waals surface area contributed by atoms with Gasteiger partial charge in [-0.25, -0.2) is 4.79 Å². The molecule has 0 saturated heterocycles. The summed E-state index contributed by atoms with van der Waals surface area (Å²) >= 11 is 0. The van der Waals surface area contributed by atoms with Crippen molar-refractivity contribution in [3.05, 3.63) is 11.7 Å². The highest BCUT2D eigenvalue weighted by molar-refractivity contribution is 5.84. The molecule has 0 spiro atoms. The van der Waals surface area contributed by atoms with E-state index in [1.807, 2.05) is 6.92 Å². The van der Waals surface area contributed by atoms with E-state index in [0.717, 1.165) is 6.54 Å². The molecule has 0 atom stereocenters. The van der Waals surface area contributed by atoms with Crippen LogP contribution < -0.4 is 5.32 Å². The molecule has 1 aromatic rings. The second-order valence-electron chi connectivity index (χ2n) is 2.28. The number of esters is 1. The van der Waals surface area contributed by atoms with Crippen molar-refractivity contribution >= 4 is 5.97 Å². The van der Waals surface area contributed by atoms with Gasteiger partial charge in [0.2, 0.25) is 5.89 Å². The zero-order valence-electron chi connectivity index (χ0n) is 7.53. The SMILES string of the molecule is CCNCc1nc(C(=O)OC)no1. The summed E-state index contributed by atoms with van der Waals surface area (Å²) in [4.78, 5) is 14.7. The number of nitrogens with one attached hydrogen (secondary N) is 1. The van der Waals surface area contributed by atoms with Gasteiger partial charge in [0.15, 0.2) is 0 Å².